The Balaban J connectivity index is 1.57. The Morgan fingerprint density at radius 3 is 3.21 bits per heavy atom. The van der Waals surface area contributed by atoms with Crippen LogP contribution in [0.2, 0.25) is 0 Å². The van der Waals surface area contributed by atoms with Gasteiger partial charge in [0.25, 0.3) is 5.91 Å². The average Bonchev–Trinajstić information content (AvgIpc) is 2.79. The molecule has 0 aliphatic carbocycles. The minimum Gasteiger partial charge on any atom is -0.376 e. The summed E-state index contributed by atoms with van der Waals surface area (Å²) in [5, 5.41) is 3.05. The van der Waals surface area contributed by atoms with Gasteiger partial charge in [0.2, 0.25) is 0 Å². The Kier molecular flexibility index (Phi) is 3.52. The Labute approximate surface area is 112 Å². The molecule has 1 amide bonds. The number of nitrogens with zero attached hydrogens (tertiary/aromatic N) is 2. The van der Waals surface area contributed by atoms with E-state index in [-0.39, 0.29) is 11.9 Å². The standard InChI is InChI=1S/C13H19N3O3/c1-9-6-16-7-10(2-3-12(16)14-9)15-13(17)11-8-18-4-5-19-11/h6,10-11H,2-5,7-8H2,1H3,(H,15,17)/t10-,11+/m0/s1. The quantitative estimate of drug-likeness (QED) is 0.820. The molecule has 0 radical (unpaired) electrons. The van der Waals surface area contributed by atoms with Gasteiger partial charge in [-0.05, 0) is 13.3 Å². The predicted octanol–water partition coefficient (Wildman–Crippen LogP) is 0.0379. The molecule has 0 saturated carbocycles. The van der Waals surface area contributed by atoms with Crippen molar-refractivity contribution < 1.29 is 14.3 Å². The number of imidazole rings is 1. The van der Waals surface area contributed by atoms with Crippen molar-refractivity contribution >= 4 is 5.91 Å². The molecule has 0 spiro atoms. The second kappa shape index (κ2) is 5.30. The molecule has 3 heterocycles. The van der Waals surface area contributed by atoms with Crippen molar-refractivity contribution in [2.24, 2.45) is 0 Å². The molecular weight excluding hydrogens is 246 g/mol. The third-order valence-corrected chi connectivity index (χ3v) is 3.57. The van der Waals surface area contributed by atoms with E-state index in [2.05, 4.69) is 14.9 Å². The summed E-state index contributed by atoms with van der Waals surface area (Å²) in [7, 11) is 0. The number of carbonyl (C=O) groups is 1. The molecule has 2 aliphatic rings. The first-order valence-electron chi connectivity index (χ1n) is 6.75. The fourth-order valence-electron chi connectivity index (χ4n) is 2.64. The maximum absolute atomic E-state index is 12.0. The molecule has 3 rings (SSSR count). The Hall–Kier alpha value is -1.40. The fourth-order valence-corrected chi connectivity index (χ4v) is 2.64. The number of nitrogens with one attached hydrogen (secondary N) is 1. The molecule has 1 N–H and O–H groups in total. The highest BCUT2D eigenvalue weighted by Crippen LogP contribution is 2.15. The summed E-state index contributed by atoms with van der Waals surface area (Å²) in [5.41, 5.74) is 1.03. The first-order valence-corrected chi connectivity index (χ1v) is 6.75. The first kappa shape index (κ1) is 12.6. The van der Waals surface area contributed by atoms with Gasteiger partial charge in [0, 0.05) is 25.2 Å². The summed E-state index contributed by atoms with van der Waals surface area (Å²) in [5.74, 6) is 1.05. The highest BCUT2D eigenvalue weighted by atomic mass is 16.6. The van der Waals surface area contributed by atoms with Gasteiger partial charge in [0.15, 0.2) is 6.10 Å². The molecule has 1 aromatic heterocycles. The van der Waals surface area contributed by atoms with Crippen LogP contribution in [0, 0.1) is 6.92 Å². The highest BCUT2D eigenvalue weighted by Gasteiger charge is 2.27. The molecule has 6 nitrogen and oxygen atoms in total. The van der Waals surface area contributed by atoms with Crippen molar-refractivity contribution in [1.82, 2.24) is 14.9 Å². The maximum atomic E-state index is 12.0. The molecule has 2 aliphatic heterocycles. The predicted molar refractivity (Wildman–Crippen MR) is 67.8 cm³/mol. The molecule has 6 heteroatoms. The van der Waals surface area contributed by atoms with Crippen LogP contribution >= 0.6 is 0 Å². The van der Waals surface area contributed by atoms with Crippen molar-refractivity contribution in [2.75, 3.05) is 19.8 Å². The number of amides is 1. The third kappa shape index (κ3) is 2.79. The maximum Gasteiger partial charge on any atom is 0.251 e. The zero-order valence-corrected chi connectivity index (χ0v) is 11.1. The average molecular weight is 265 g/mol. The molecule has 104 valence electrons. The Morgan fingerprint density at radius 2 is 2.42 bits per heavy atom. The summed E-state index contributed by atoms with van der Waals surface area (Å²) < 4.78 is 12.8. The first-order chi connectivity index (χ1) is 9.22. The van der Waals surface area contributed by atoms with Crippen LogP contribution in [0.4, 0.5) is 0 Å². The lowest BCUT2D eigenvalue weighted by Gasteiger charge is -2.28. The molecule has 19 heavy (non-hydrogen) atoms. The van der Waals surface area contributed by atoms with E-state index in [4.69, 9.17) is 9.47 Å². The number of aryl methyl sites for hydroxylation is 2. The molecule has 0 bridgehead atoms. The van der Waals surface area contributed by atoms with Crippen LogP contribution in [-0.4, -0.2) is 47.4 Å². The highest BCUT2D eigenvalue weighted by molar-refractivity contribution is 5.81. The van der Waals surface area contributed by atoms with Gasteiger partial charge in [-0.3, -0.25) is 4.79 Å². The second-order valence-corrected chi connectivity index (χ2v) is 5.13. The molecule has 1 aromatic rings. The lowest BCUT2D eigenvalue weighted by Crippen LogP contribution is -2.49. The summed E-state index contributed by atoms with van der Waals surface area (Å²) in [4.78, 5) is 16.5. The van der Waals surface area contributed by atoms with Crippen LogP contribution in [0.5, 0.6) is 0 Å². The van der Waals surface area contributed by atoms with Gasteiger partial charge in [0.1, 0.15) is 5.82 Å². The van der Waals surface area contributed by atoms with Gasteiger partial charge in [-0.2, -0.15) is 0 Å². The van der Waals surface area contributed by atoms with Gasteiger partial charge in [0.05, 0.1) is 25.5 Å². The van der Waals surface area contributed by atoms with E-state index in [1.54, 1.807) is 0 Å². The number of hydrogen-bond acceptors (Lipinski definition) is 4. The van der Waals surface area contributed by atoms with Crippen molar-refractivity contribution in [3.63, 3.8) is 0 Å². The fraction of sp³-hybridized carbons (Fsp3) is 0.692. The smallest absolute Gasteiger partial charge is 0.251 e. The van der Waals surface area contributed by atoms with E-state index in [1.807, 2.05) is 13.1 Å². The van der Waals surface area contributed by atoms with Crippen molar-refractivity contribution in [1.29, 1.82) is 0 Å². The molecule has 2 atom stereocenters. The zero-order valence-electron chi connectivity index (χ0n) is 11.1. The second-order valence-electron chi connectivity index (χ2n) is 5.13. The molecule has 0 unspecified atom stereocenters. The van der Waals surface area contributed by atoms with Crippen LogP contribution in [0.25, 0.3) is 0 Å². The zero-order chi connectivity index (χ0) is 13.2. The number of ether oxygens (including phenoxy) is 2. The van der Waals surface area contributed by atoms with Gasteiger partial charge in [-0.1, -0.05) is 0 Å². The van der Waals surface area contributed by atoms with Crippen molar-refractivity contribution in [3.05, 3.63) is 17.7 Å². The SMILES string of the molecule is Cc1cn2c(n1)CC[C@H](NC(=O)[C@H]1COCCO1)C2. The minimum absolute atomic E-state index is 0.0648. The van der Waals surface area contributed by atoms with E-state index in [0.29, 0.717) is 19.8 Å². The van der Waals surface area contributed by atoms with Crippen LogP contribution in [-0.2, 0) is 27.2 Å². The summed E-state index contributed by atoms with van der Waals surface area (Å²) in [6.45, 7) is 4.20. The van der Waals surface area contributed by atoms with Crippen LogP contribution in [0.3, 0.4) is 0 Å². The van der Waals surface area contributed by atoms with E-state index >= 15 is 0 Å². The van der Waals surface area contributed by atoms with Gasteiger partial charge in [-0.15, -0.1) is 0 Å². The number of carbonyl (C=O) groups excluding carboxylic acids is 1. The van der Waals surface area contributed by atoms with E-state index < -0.39 is 6.10 Å². The van der Waals surface area contributed by atoms with Gasteiger partial charge < -0.3 is 19.4 Å². The van der Waals surface area contributed by atoms with Crippen molar-refractivity contribution in [3.8, 4) is 0 Å². The van der Waals surface area contributed by atoms with Gasteiger partial charge in [-0.25, -0.2) is 4.98 Å². The molecule has 1 fully saturated rings. The van der Waals surface area contributed by atoms with E-state index in [1.165, 1.54) is 0 Å². The molecular formula is C13H19N3O3. The van der Waals surface area contributed by atoms with Crippen LogP contribution in [0.1, 0.15) is 17.9 Å². The Morgan fingerprint density at radius 1 is 1.53 bits per heavy atom. The minimum atomic E-state index is -0.459. The van der Waals surface area contributed by atoms with Gasteiger partial charge >= 0.3 is 0 Å². The third-order valence-electron chi connectivity index (χ3n) is 3.57. The number of hydrogen-bond donors (Lipinski definition) is 1. The monoisotopic (exact) mass is 265 g/mol. The van der Waals surface area contributed by atoms with E-state index in [9.17, 15) is 4.79 Å². The molecule has 1 saturated heterocycles. The lowest BCUT2D eigenvalue weighted by atomic mass is 10.1. The number of fused-ring (bicyclic) bond motifs is 1. The largest absolute Gasteiger partial charge is 0.376 e. The van der Waals surface area contributed by atoms with Crippen molar-refractivity contribution in [2.45, 2.75) is 38.5 Å². The van der Waals surface area contributed by atoms with Crippen LogP contribution < -0.4 is 5.32 Å². The molecule has 0 aromatic carbocycles. The summed E-state index contributed by atoms with van der Waals surface area (Å²) in [6.07, 6.45) is 3.41. The summed E-state index contributed by atoms with van der Waals surface area (Å²) >= 11 is 0. The number of aromatic nitrogens is 2. The number of rotatable bonds is 2. The Bertz CT molecular complexity index is 466. The lowest BCUT2D eigenvalue weighted by molar-refractivity contribution is -0.148. The van der Waals surface area contributed by atoms with E-state index in [0.717, 1.165) is 30.9 Å². The normalized spacial score (nSPS) is 26.8. The summed E-state index contributed by atoms with van der Waals surface area (Å²) in [6, 6.07) is 0.152. The topological polar surface area (TPSA) is 65.4 Å². The van der Waals surface area contributed by atoms with Crippen LogP contribution in [0.15, 0.2) is 6.20 Å².